The van der Waals surface area contributed by atoms with Crippen LogP contribution in [0, 0.1) is 0 Å². The number of sulfonamides is 1. The molecule has 0 aliphatic carbocycles. The van der Waals surface area contributed by atoms with Crippen molar-refractivity contribution in [3.05, 3.63) is 0 Å². The molecule has 2 N–H and O–H groups in total. The van der Waals surface area contributed by atoms with E-state index in [1.165, 1.54) is 0 Å². The van der Waals surface area contributed by atoms with Gasteiger partial charge < -0.3 is 14.8 Å². The molecule has 0 unspecified atom stereocenters. The van der Waals surface area contributed by atoms with Crippen LogP contribution in [0.1, 0.15) is 6.92 Å². The Bertz CT molecular complexity index is 249. The van der Waals surface area contributed by atoms with Crippen molar-refractivity contribution in [2.24, 2.45) is 0 Å². The Balaban J connectivity index is 0. The summed E-state index contributed by atoms with van der Waals surface area (Å²) in [5.74, 6) is 0.0128. The molecule has 0 spiro atoms. The molecule has 0 aliphatic rings. The molecule has 0 amide bonds. The van der Waals surface area contributed by atoms with Gasteiger partial charge in [0.2, 0.25) is 10.0 Å². The number of hydrogen-bond donors (Lipinski definition) is 2. The highest BCUT2D eigenvalue weighted by Crippen LogP contribution is 1.84. The van der Waals surface area contributed by atoms with Gasteiger partial charge >= 0.3 is 0 Å². The van der Waals surface area contributed by atoms with Crippen molar-refractivity contribution in [3.8, 4) is 0 Å². The van der Waals surface area contributed by atoms with Crippen LogP contribution in [0.5, 0.6) is 0 Å². The minimum absolute atomic E-state index is 0. The van der Waals surface area contributed by atoms with Crippen LogP contribution < -0.4 is 10.0 Å². The summed E-state index contributed by atoms with van der Waals surface area (Å²) in [5, 5.41) is 3.04. The summed E-state index contributed by atoms with van der Waals surface area (Å²) in [6.07, 6.45) is 0. The Labute approximate surface area is 110 Å². The van der Waals surface area contributed by atoms with E-state index in [1.54, 1.807) is 7.11 Å². The smallest absolute Gasteiger partial charge is 0.213 e. The molecule has 0 atom stereocenters. The predicted molar refractivity (Wildman–Crippen MR) is 70.3 cm³/mol. The Morgan fingerprint density at radius 1 is 1.12 bits per heavy atom. The summed E-state index contributed by atoms with van der Waals surface area (Å²) >= 11 is 0. The van der Waals surface area contributed by atoms with E-state index in [1.807, 2.05) is 6.92 Å². The molecular formula is C9H23ClN2O4S. The largest absolute Gasteiger partial charge is 0.383 e. The van der Waals surface area contributed by atoms with Crippen LogP contribution in [0.15, 0.2) is 0 Å². The highest BCUT2D eigenvalue weighted by atomic mass is 35.5. The quantitative estimate of drug-likeness (QED) is 0.507. The molecule has 0 aliphatic heterocycles. The minimum atomic E-state index is -3.19. The van der Waals surface area contributed by atoms with E-state index in [0.29, 0.717) is 26.3 Å². The summed E-state index contributed by atoms with van der Waals surface area (Å²) in [7, 11) is -1.57. The molecule has 0 saturated heterocycles. The summed E-state index contributed by atoms with van der Waals surface area (Å²) in [6, 6.07) is 0. The first kappa shape index (κ1) is 19.4. The molecule has 17 heavy (non-hydrogen) atoms. The minimum Gasteiger partial charge on any atom is -0.383 e. The molecule has 0 bridgehead atoms. The zero-order valence-electron chi connectivity index (χ0n) is 10.4. The highest BCUT2D eigenvalue weighted by molar-refractivity contribution is 7.89. The van der Waals surface area contributed by atoms with Crippen LogP contribution in [-0.4, -0.2) is 60.7 Å². The van der Waals surface area contributed by atoms with E-state index in [2.05, 4.69) is 10.0 Å². The lowest BCUT2D eigenvalue weighted by molar-refractivity contribution is 0.163. The molecule has 0 radical (unpaired) electrons. The fourth-order valence-electron chi connectivity index (χ4n) is 0.979. The maximum atomic E-state index is 11.4. The average Bonchev–Trinajstić information content (AvgIpc) is 2.23. The number of nitrogens with one attached hydrogen (secondary N) is 2. The molecule has 6 nitrogen and oxygen atoms in total. The molecular weight excluding hydrogens is 268 g/mol. The Kier molecular flexibility index (Phi) is 14.3. The fourth-order valence-corrected chi connectivity index (χ4v) is 1.87. The number of ether oxygens (including phenoxy) is 2. The van der Waals surface area contributed by atoms with Crippen molar-refractivity contribution in [1.82, 2.24) is 10.0 Å². The van der Waals surface area contributed by atoms with Crippen molar-refractivity contribution in [1.29, 1.82) is 0 Å². The first-order valence-corrected chi connectivity index (χ1v) is 7.02. The predicted octanol–water partition coefficient (Wildman–Crippen LogP) is -0.400. The highest BCUT2D eigenvalue weighted by Gasteiger charge is 2.08. The Morgan fingerprint density at radius 2 is 1.82 bits per heavy atom. The van der Waals surface area contributed by atoms with Gasteiger partial charge in [0.15, 0.2) is 0 Å². The maximum Gasteiger partial charge on any atom is 0.213 e. The summed E-state index contributed by atoms with van der Waals surface area (Å²) in [4.78, 5) is 0. The second-order valence-electron chi connectivity index (χ2n) is 3.15. The van der Waals surface area contributed by atoms with Crippen LogP contribution in [0.4, 0.5) is 0 Å². The van der Waals surface area contributed by atoms with Crippen LogP contribution in [0.3, 0.4) is 0 Å². The van der Waals surface area contributed by atoms with Gasteiger partial charge in [-0.15, -0.1) is 12.4 Å². The van der Waals surface area contributed by atoms with Gasteiger partial charge in [0.25, 0.3) is 0 Å². The molecule has 0 fully saturated rings. The molecule has 8 heteroatoms. The molecule has 0 saturated carbocycles. The van der Waals surface area contributed by atoms with E-state index in [-0.39, 0.29) is 24.8 Å². The van der Waals surface area contributed by atoms with E-state index in [0.717, 1.165) is 6.54 Å². The number of rotatable bonds is 11. The number of halogens is 1. The van der Waals surface area contributed by atoms with E-state index >= 15 is 0 Å². The molecule has 106 valence electrons. The van der Waals surface area contributed by atoms with Gasteiger partial charge in [0.1, 0.15) is 0 Å². The lowest BCUT2D eigenvalue weighted by atomic mass is 10.6. The third-order valence-corrected chi connectivity index (χ3v) is 3.16. The summed E-state index contributed by atoms with van der Waals surface area (Å²) < 4.78 is 35.0. The van der Waals surface area contributed by atoms with Crippen molar-refractivity contribution in [3.63, 3.8) is 0 Å². The first-order chi connectivity index (χ1) is 7.62. The average molecular weight is 291 g/mol. The van der Waals surface area contributed by atoms with Gasteiger partial charge in [-0.2, -0.15) is 0 Å². The van der Waals surface area contributed by atoms with E-state index < -0.39 is 10.0 Å². The zero-order valence-corrected chi connectivity index (χ0v) is 12.0. The summed E-state index contributed by atoms with van der Waals surface area (Å²) in [5.41, 5.74) is 0. The van der Waals surface area contributed by atoms with Crippen molar-refractivity contribution < 1.29 is 17.9 Å². The van der Waals surface area contributed by atoms with Crippen LogP contribution in [0.2, 0.25) is 0 Å². The third kappa shape index (κ3) is 14.0. The first-order valence-electron chi connectivity index (χ1n) is 5.37. The standard InChI is InChI=1S/C9H22N2O4S.ClH/c1-3-15-8-9-16(12,13)11-5-4-10-6-7-14-2;/h10-11H,3-9H2,1-2H3;1H. The molecule has 0 aromatic carbocycles. The van der Waals surface area contributed by atoms with Gasteiger partial charge in [-0.3, -0.25) is 0 Å². The van der Waals surface area contributed by atoms with Crippen molar-refractivity contribution in [2.45, 2.75) is 6.92 Å². The normalized spacial score (nSPS) is 11.2. The SMILES string of the molecule is CCOCCS(=O)(=O)NCCNCCOC.Cl. The zero-order chi connectivity index (χ0) is 12.3. The topological polar surface area (TPSA) is 76.7 Å². The lowest BCUT2D eigenvalue weighted by Crippen LogP contribution is -2.35. The van der Waals surface area contributed by atoms with Gasteiger partial charge in [0, 0.05) is 33.4 Å². The van der Waals surface area contributed by atoms with Crippen LogP contribution in [-0.2, 0) is 19.5 Å². The Morgan fingerprint density at radius 3 is 2.41 bits per heavy atom. The summed E-state index contributed by atoms with van der Waals surface area (Å²) in [6.45, 7) is 4.93. The van der Waals surface area contributed by atoms with E-state index in [9.17, 15) is 8.42 Å². The van der Waals surface area contributed by atoms with Gasteiger partial charge in [-0.1, -0.05) is 0 Å². The third-order valence-electron chi connectivity index (χ3n) is 1.81. The Hall–Kier alpha value is 0.0800. The van der Waals surface area contributed by atoms with Crippen LogP contribution in [0.25, 0.3) is 0 Å². The monoisotopic (exact) mass is 290 g/mol. The second-order valence-corrected chi connectivity index (χ2v) is 5.08. The van der Waals surface area contributed by atoms with Gasteiger partial charge in [-0.05, 0) is 6.92 Å². The lowest BCUT2D eigenvalue weighted by Gasteiger charge is -2.07. The molecule has 0 aromatic heterocycles. The van der Waals surface area contributed by atoms with Crippen LogP contribution >= 0.6 is 12.4 Å². The van der Waals surface area contributed by atoms with Crippen molar-refractivity contribution >= 4 is 22.4 Å². The maximum absolute atomic E-state index is 11.4. The van der Waals surface area contributed by atoms with Gasteiger partial charge in [-0.25, -0.2) is 13.1 Å². The second kappa shape index (κ2) is 12.5. The molecule has 0 aromatic rings. The number of methoxy groups -OCH3 is 1. The van der Waals surface area contributed by atoms with Crippen molar-refractivity contribution in [2.75, 3.05) is 52.3 Å². The van der Waals surface area contributed by atoms with E-state index in [4.69, 9.17) is 9.47 Å². The fraction of sp³-hybridized carbons (Fsp3) is 1.00. The molecule has 0 rings (SSSR count). The van der Waals surface area contributed by atoms with Gasteiger partial charge in [0.05, 0.1) is 19.0 Å². The molecule has 0 heterocycles. The number of hydrogen-bond acceptors (Lipinski definition) is 5.